The first-order valence-electron chi connectivity index (χ1n) is 7.52. The van der Waals surface area contributed by atoms with Crippen LogP contribution in [0.25, 0.3) is 0 Å². The third kappa shape index (κ3) is 4.77. The monoisotopic (exact) mass is 372 g/mol. The maximum Gasteiger partial charge on any atom is 0.222 e. The van der Waals surface area contributed by atoms with Crippen molar-refractivity contribution in [3.05, 3.63) is 53.1 Å². The topological polar surface area (TPSA) is 59.1 Å². The molecule has 1 aromatic heterocycles. The molecule has 0 radical (unpaired) electrons. The fourth-order valence-corrected chi connectivity index (χ4v) is 2.76. The lowest BCUT2D eigenvalue weighted by Crippen LogP contribution is -2.30. The van der Waals surface area contributed by atoms with Crippen LogP contribution in [0.15, 0.2) is 36.7 Å². The summed E-state index contributed by atoms with van der Waals surface area (Å²) in [5.74, 6) is 0.253. The van der Waals surface area contributed by atoms with E-state index in [0.717, 1.165) is 18.7 Å². The largest absolute Gasteiger partial charge is 0.372 e. The summed E-state index contributed by atoms with van der Waals surface area (Å²) in [5, 5.41) is 6.66. The van der Waals surface area contributed by atoms with Gasteiger partial charge >= 0.3 is 0 Å². The van der Waals surface area contributed by atoms with Crippen LogP contribution in [0.3, 0.4) is 0 Å². The standard InChI is InChI=1S/C16H18ClFN4O.ClH/c17-13-3-2-11(8-14(13)18)15-12(9-19-6-7-23-15)10-22-16-20-4-1-5-21-16;/h1-5,8,12,15,19H,6-7,9-10H2,(H,20,21,22);1H/t12-,15-;/m0./s1. The first-order valence-corrected chi connectivity index (χ1v) is 7.90. The quantitative estimate of drug-likeness (QED) is 0.863. The van der Waals surface area contributed by atoms with E-state index in [1.165, 1.54) is 6.07 Å². The number of hydrogen-bond acceptors (Lipinski definition) is 5. The Kier molecular flexibility index (Phi) is 7.17. The fourth-order valence-electron chi connectivity index (χ4n) is 2.64. The van der Waals surface area contributed by atoms with Crippen molar-refractivity contribution in [1.82, 2.24) is 15.3 Å². The summed E-state index contributed by atoms with van der Waals surface area (Å²) in [6.45, 7) is 2.72. The Morgan fingerprint density at radius 3 is 2.88 bits per heavy atom. The minimum absolute atomic E-state index is 0. The maximum absolute atomic E-state index is 13.8. The van der Waals surface area contributed by atoms with Crippen molar-refractivity contribution in [2.24, 2.45) is 5.92 Å². The summed E-state index contributed by atoms with van der Waals surface area (Å²) < 4.78 is 19.7. The van der Waals surface area contributed by atoms with Gasteiger partial charge in [0.25, 0.3) is 0 Å². The molecule has 0 bridgehead atoms. The zero-order valence-electron chi connectivity index (χ0n) is 12.9. The van der Waals surface area contributed by atoms with Crippen molar-refractivity contribution in [3.8, 4) is 0 Å². The van der Waals surface area contributed by atoms with Crippen molar-refractivity contribution in [2.45, 2.75) is 6.10 Å². The van der Waals surface area contributed by atoms with Crippen LogP contribution in [0.5, 0.6) is 0 Å². The first kappa shape index (κ1) is 18.9. The molecular weight excluding hydrogens is 354 g/mol. The summed E-state index contributed by atoms with van der Waals surface area (Å²) in [4.78, 5) is 8.30. The van der Waals surface area contributed by atoms with Gasteiger partial charge in [-0.1, -0.05) is 17.7 Å². The van der Waals surface area contributed by atoms with Crippen molar-refractivity contribution in [2.75, 3.05) is 31.6 Å². The van der Waals surface area contributed by atoms with Crippen molar-refractivity contribution in [1.29, 1.82) is 0 Å². The molecule has 1 aromatic carbocycles. The molecule has 5 nitrogen and oxygen atoms in total. The summed E-state index contributed by atoms with van der Waals surface area (Å²) >= 11 is 5.77. The summed E-state index contributed by atoms with van der Waals surface area (Å²) in [6, 6.07) is 6.59. The van der Waals surface area contributed by atoms with Gasteiger partial charge < -0.3 is 15.4 Å². The molecule has 0 saturated carbocycles. The van der Waals surface area contributed by atoms with E-state index in [2.05, 4.69) is 20.6 Å². The van der Waals surface area contributed by atoms with Gasteiger partial charge in [0.1, 0.15) is 5.82 Å². The molecule has 1 aliphatic rings. The average molecular weight is 373 g/mol. The predicted octanol–water partition coefficient (Wildman–Crippen LogP) is 3.08. The molecule has 3 rings (SSSR count). The number of rotatable bonds is 4. The van der Waals surface area contributed by atoms with Gasteiger partial charge in [-0.2, -0.15) is 0 Å². The molecule has 1 fully saturated rings. The highest BCUT2D eigenvalue weighted by Gasteiger charge is 2.26. The zero-order valence-corrected chi connectivity index (χ0v) is 14.5. The predicted molar refractivity (Wildman–Crippen MR) is 94.2 cm³/mol. The normalized spacial score (nSPS) is 20.8. The van der Waals surface area contributed by atoms with Crippen LogP contribution in [0.1, 0.15) is 11.7 Å². The lowest BCUT2D eigenvalue weighted by atomic mass is 9.95. The van der Waals surface area contributed by atoms with Gasteiger partial charge in [0, 0.05) is 37.9 Å². The molecule has 0 unspecified atom stereocenters. The summed E-state index contributed by atoms with van der Waals surface area (Å²) in [6.07, 6.45) is 3.15. The second kappa shape index (κ2) is 9.13. The number of halogens is 3. The van der Waals surface area contributed by atoms with Crippen LogP contribution >= 0.6 is 24.0 Å². The van der Waals surface area contributed by atoms with Crippen LogP contribution in [0.2, 0.25) is 5.02 Å². The molecule has 130 valence electrons. The molecule has 1 saturated heterocycles. The van der Waals surface area contributed by atoms with Gasteiger partial charge in [-0.15, -0.1) is 12.4 Å². The van der Waals surface area contributed by atoms with E-state index in [0.29, 0.717) is 19.1 Å². The lowest BCUT2D eigenvalue weighted by molar-refractivity contribution is 0.0341. The minimum Gasteiger partial charge on any atom is -0.372 e. The second-order valence-electron chi connectivity index (χ2n) is 5.38. The van der Waals surface area contributed by atoms with Crippen LogP contribution in [0.4, 0.5) is 10.3 Å². The molecule has 8 heteroatoms. The first-order chi connectivity index (χ1) is 11.2. The van der Waals surface area contributed by atoms with Gasteiger partial charge in [-0.05, 0) is 23.8 Å². The Morgan fingerprint density at radius 1 is 1.33 bits per heavy atom. The highest BCUT2D eigenvalue weighted by molar-refractivity contribution is 6.30. The molecule has 1 aliphatic heterocycles. The maximum atomic E-state index is 13.8. The number of benzene rings is 1. The molecule has 0 spiro atoms. The van der Waals surface area contributed by atoms with Crippen molar-refractivity contribution < 1.29 is 9.13 Å². The molecule has 2 atom stereocenters. The summed E-state index contributed by atoms with van der Waals surface area (Å²) in [7, 11) is 0. The Morgan fingerprint density at radius 2 is 2.12 bits per heavy atom. The van der Waals surface area contributed by atoms with Gasteiger partial charge in [-0.25, -0.2) is 14.4 Å². The second-order valence-corrected chi connectivity index (χ2v) is 5.79. The van der Waals surface area contributed by atoms with Crippen LogP contribution in [0, 0.1) is 11.7 Å². The van der Waals surface area contributed by atoms with Crippen molar-refractivity contribution >= 4 is 30.0 Å². The molecule has 0 aliphatic carbocycles. The van der Waals surface area contributed by atoms with E-state index in [4.69, 9.17) is 16.3 Å². The highest BCUT2D eigenvalue weighted by Crippen LogP contribution is 2.29. The number of nitrogens with zero attached hydrogens (tertiary/aromatic N) is 2. The Labute approximate surface area is 151 Å². The number of nitrogens with one attached hydrogen (secondary N) is 2. The fraction of sp³-hybridized carbons (Fsp3) is 0.375. The van der Waals surface area contributed by atoms with Crippen LogP contribution < -0.4 is 10.6 Å². The Bertz CT molecular complexity index is 647. The van der Waals surface area contributed by atoms with E-state index in [9.17, 15) is 4.39 Å². The van der Waals surface area contributed by atoms with Crippen LogP contribution in [-0.4, -0.2) is 36.2 Å². The Hall–Kier alpha value is -1.47. The summed E-state index contributed by atoms with van der Waals surface area (Å²) in [5.41, 5.74) is 0.788. The SMILES string of the molecule is Cl.Fc1cc([C@@H]2OCCNC[C@H]2CNc2ncccn2)ccc1Cl. The Balaban J connectivity index is 0.00000208. The molecule has 0 amide bonds. The average Bonchev–Trinajstić information content (AvgIpc) is 2.82. The third-order valence-electron chi connectivity index (χ3n) is 3.77. The number of hydrogen-bond donors (Lipinski definition) is 2. The van der Waals surface area contributed by atoms with Crippen LogP contribution in [-0.2, 0) is 4.74 Å². The zero-order chi connectivity index (χ0) is 16.1. The van der Waals surface area contributed by atoms with Gasteiger partial charge in [-0.3, -0.25) is 0 Å². The van der Waals surface area contributed by atoms with E-state index < -0.39 is 5.82 Å². The molecule has 24 heavy (non-hydrogen) atoms. The number of anilines is 1. The van der Waals surface area contributed by atoms with E-state index in [1.807, 2.05) is 6.07 Å². The lowest BCUT2D eigenvalue weighted by Gasteiger charge is -2.25. The van der Waals surface area contributed by atoms with Crippen molar-refractivity contribution in [3.63, 3.8) is 0 Å². The van der Waals surface area contributed by atoms with E-state index in [-0.39, 0.29) is 29.5 Å². The molecule has 2 aromatic rings. The smallest absolute Gasteiger partial charge is 0.222 e. The molecule has 2 N–H and O–H groups in total. The van der Waals surface area contributed by atoms with Gasteiger partial charge in [0.2, 0.25) is 5.95 Å². The molecular formula is C16H19Cl2FN4O. The highest BCUT2D eigenvalue weighted by atomic mass is 35.5. The molecule has 2 heterocycles. The third-order valence-corrected chi connectivity index (χ3v) is 4.08. The van der Waals surface area contributed by atoms with Gasteiger partial charge in [0.15, 0.2) is 0 Å². The van der Waals surface area contributed by atoms with Gasteiger partial charge in [0.05, 0.1) is 17.7 Å². The van der Waals surface area contributed by atoms with E-state index >= 15 is 0 Å². The van der Waals surface area contributed by atoms with E-state index in [1.54, 1.807) is 24.5 Å². The minimum atomic E-state index is -0.428. The number of ether oxygens (including phenoxy) is 1. The number of aromatic nitrogens is 2.